The Morgan fingerprint density at radius 2 is 2.15 bits per heavy atom. The fraction of sp³-hybridized carbons (Fsp3) is 0.500. The summed E-state index contributed by atoms with van der Waals surface area (Å²) in [4.78, 5) is 12.8. The van der Waals surface area contributed by atoms with Crippen LogP contribution < -0.4 is 5.32 Å². The van der Waals surface area contributed by atoms with E-state index in [1.54, 1.807) is 6.07 Å². The third-order valence-corrected chi connectivity index (χ3v) is 3.49. The number of nitrogens with one attached hydrogen (secondary N) is 1. The summed E-state index contributed by atoms with van der Waals surface area (Å²) in [6, 6.07) is 6.45. The molecule has 0 atom stereocenters. The van der Waals surface area contributed by atoms with E-state index in [0.29, 0.717) is 5.69 Å². The summed E-state index contributed by atoms with van der Waals surface area (Å²) in [6.45, 7) is 4.20. The van der Waals surface area contributed by atoms with Gasteiger partial charge >= 0.3 is 0 Å². The smallest absolute Gasteiger partial charge is 0.289 e. The van der Waals surface area contributed by atoms with Gasteiger partial charge in [-0.05, 0) is 51.0 Å². The Morgan fingerprint density at radius 3 is 2.80 bits per heavy atom. The van der Waals surface area contributed by atoms with Crippen molar-refractivity contribution in [3.63, 3.8) is 0 Å². The first-order valence-electron chi connectivity index (χ1n) is 6.85. The van der Waals surface area contributed by atoms with E-state index < -0.39 is 4.92 Å². The summed E-state index contributed by atoms with van der Waals surface area (Å²) in [5.41, 5.74) is 0.645. The van der Waals surface area contributed by atoms with E-state index in [0.717, 1.165) is 19.5 Å². The minimum Gasteiger partial charge on any atom is -0.385 e. The van der Waals surface area contributed by atoms with Crippen LogP contribution in [-0.2, 0) is 0 Å². The highest BCUT2D eigenvalue weighted by Crippen LogP contribution is 2.22. The lowest BCUT2D eigenvalue weighted by atomic mass is 10.2. The Morgan fingerprint density at radius 1 is 1.40 bits per heavy atom. The Labute approximate surface area is 118 Å². The normalized spacial score (nSPS) is 14.9. The molecule has 0 amide bonds. The molecule has 0 aliphatic carbocycles. The zero-order valence-corrected chi connectivity index (χ0v) is 11.3. The fourth-order valence-electron chi connectivity index (χ4n) is 2.43. The lowest BCUT2D eigenvalue weighted by Crippen LogP contribution is -2.22. The highest BCUT2D eigenvalue weighted by atomic mass is 16.6. The van der Waals surface area contributed by atoms with Crippen molar-refractivity contribution < 1.29 is 4.92 Å². The topological polar surface area (TPSA) is 82.2 Å². The van der Waals surface area contributed by atoms with Crippen molar-refractivity contribution in [1.82, 2.24) is 4.90 Å². The van der Waals surface area contributed by atoms with E-state index in [2.05, 4.69) is 10.2 Å². The zero-order chi connectivity index (χ0) is 14.4. The SMILES string of the molecule is N#Cc1ccc(NCCCN2CCCC2)cc1[N+](=O)[O-]. The molecule has 1 aliphatic rings. The number of nitro benzene ring substituents is 1. The van der Waals surface area contributed by atoms with Gasteiger partial charge in [0.25, 0.3) is 5.69 Å². The van der Waals surface area contributed by atoms with E-state index >= 15 is 0 Å². The van der Waals surface area contributed by atoms with Crippen molar-refractivity contribution in [2.45, 2.75) is 19.3 Å². The Balaban J connectivity index is 1.85. The van der Waals surface area contributed by atoms with Gasteiger partial charge in [-0.2, -0.15) is 5.26 Å². The summed E-state index contributed by atoms with van der Waals surface area (Å²) in [7, 11) is 0. The maximum atomic E-state index is 10.9. The van der Waals surface area contributed by atoms with Crippen molar-refractivity contribution in [1.29, 1.82) is 5.26 Å². The number of nitrogens with zero attached hydrogens (tertiary/aromatic N) is 3. The molecule has 0 aromatic heterocycles. The van der Waals surface area contributed by atoms with Crippen molar-refractivity contribution >= 4 is 11.4 Å². The monoisotopic (exact) mass is 274 g/mol. The van der Waals surface area contributed by atoms with Gasteiger partial charge in [-0.1, -0.05) is 0 Å². The minimum atomic E-state index is -0.520. The second-order valence-electron chi connectivity index (χ2n) is 4.93. The first kappa shape index (κ1) is 14.3. The number of hydrogen-bond donors (Lipinski definition) is 1. The number of nitro groups is 1. The molecule has 0 bridgehead atoms. The number of likely N-dealkylation sites (tertiary alicyclic amines) is 1. The van der Waals surface area contributed by atoms with Crippen molar-refractivity contribution in [2.75, 3.05) is 31.5 Å². The molecule has 1 aliphatic heterocycles. The molecule has 20 heavy (non-hydrogen) atoms. The van der Waals surface area contributed by atoms with Crippen LogP contribution in [0, 0.1) is 21.4 Å². The molecule has 1 fully saturated rings. The standard InChI is InChI=1S/C14H18N4O2/c15-11-12-4-5-13(10-14(12)18(19)20)16-6-3-9-17-7-1-2-8-17/h4-5,10,16H,1-3,6-9H2. The highest BCUT2D eigenvalue weighted by molar-refractivity contribution is 5.59. The second kappa shape index (κ2) is 6.87. The Kier molecular flexibility index (Phi) is 4.91. The summed E-state index contributed by atoms with van der Waals surface area (Å²) in [5, 5.41) is 22.8. The van der Waals surface area contributed by atoms with Crippen molar-refractivity contribution in [3.05, 3.63) is 33.9 Å². The van der Waals surface area contributed by atoms with Gasteiger partial charge in [0.1, 0.15) is 11.6 Å². The molecule has 6 nitrogen and oxygen atoms in total. The molecule has 1 N–H and O–H groups in total. The van der Waals surface area contributed by atoms with Gasteiger partial charge in [-0.25, -0.2) is 0 Å². The van der Waals surface area contributed by atoms with E-state index in [4.69, 9.17) is 5.26 Å². The highest BCUT2D eigenvalue weighted by Gasteiger charge is 2.14. The zero-order valence-electron chi connectivity index (χ0n) is 11.3. The van der Waals surface area contributed by atoms with Crippen LogP contribution in [0.25, 0.3) is 0 Å². The van der Waals surface area contributed by atoms with Crippen molar-refractivity contribution in [3.8, 4) is 6.07 Å². The van der Waals surface area contributed by atoms with Crippen molar-refractivity contribution in [2.24, 2.45) is 0 Å². The van der Waals surface area contributed by atoms with Crippen LogP contribution in [0.1, 0.15) is 24.8 Å². The quantitative estimate of drug-likeness (QED) is 0.489. The summed E-state index contributed by atoms with van der Waals surface area (Å²) in [5.74, 6) is 0. The first-order chi connectivity index (χ1) is 9.70. The molecule has 1 saturated heterocycles. The van der Waals surface area contributed by atoms with E-state index in [-0.39, 0.29) is 11.3 Å². The lowest BCUT2D eigenvalue weighted by Gasteiger charge is -2.14. The average Bonchev–Trinajstić information content (AvgIpc) is 2.96. The van der Waals surface area contributed by atoms with Crippen LogP contribution in [0.5, 0.6) is 0 Å². The van der Waals surface area contributed by atoms with E-state index in [1.807, 2.05) is 6.07 Å². The number of benzene rings is 1. The lowest BCUT2D eigenvalue weighted by molar-refractivity contribution is -0.385. The van der Waals surface area contributed by atoms with E-state index in [9.17, 15) is 10.1 Å². The summed E-state index contributed by atoms with van der Waals surface area (Å²) < 4.78 is 0. The van der Waals surface area contributed by atoms with Gasteiger partial charge in [0.05, 0.1) is 4.92 Å². The van der Waals surface area contributed by atoms with Gasteiger partial charge in [0.2, 0.25) is 0 Å². The van der Waals surface area contributed by atoms with Crippen LogP contribution in [-0.4, -0.2) is 36.0 Å². The second-order valence-corrected chi connectivity index (χ2v) is 4.93. The van der Waals surface area contributed by atoms with Crippen LogP contribution >= 0.6 is 0 Å². The van der Waals surface area contributed by atoms with Gasteiger partial charge in [-0.15, -0.1) is 0 Å². The van der Waals surface area contributed by atoms with Crippen LogP contribution in [0.2, 0.25) is 0 Å². The molecule has 1 aromatic carbocycles. The predicted molar refractivity (Wildman–Crippen MR) is 76.6 cm³/mol. The largest absolute Gasteiger partial charge is 0.385 e. The molecule has 0 unspecified atom stereocenters. The number of anilines is 1. The van der Waals surface area contributed by atoms with Crippen LogP contribution in [0.15, 0.2) is 18.2 Å². The van der Waals surface area contributed by atoms with Gasteiger partial charge in [-0.3, -0.25) is 10.1 Å². The number of hydrogen-bond acceptors (Lipinski definition) is 5. The van der Waals surface area contributed by atoms with Crippen LogP contribution in [0.3, 0.4) is 0 Å². The Hall–Kier alpha value is -2.13. The van der Waals surface area contributed by atoms with Crippen LogP contribution in [0.4, 0.5) is 11.4 Å². The van der Waals surface area contributed by atoms with Gasteiger partial charge in [0, 0.05) is 18.3 Å². The molecule has 6 heteroatoms. The number of nitriles is 1. The maximum Gasteiger partial charge on any atom is 0.289 e. The average molecular weight is 274 g/mol. The third kappa shape index (κ3) is 3.68. The molecule has 0 saturated carbocycles. The summed E-state index contributed by atoms with van der Waals surface area (Å²) >= 11 is 0. The predicted octanol–water partition coefficient (Wildman–Crippen LogP) is 2.36. The maximum absolute atomic E-state index is 10.9. The summed E-state index contributed by atoms with van der Waals surface area (Å²) in [6.07, 6.45) is 3.58. The molecule has 0 spiro atoms. The first-order valence-corrected chi connectivity index (χ1v) is 6.85. The number of rotatable bonds is 6. The molecule has 106 valence electrons. The molecule has 0 radical (unpaired) electrons. The molecule has 2 rings (SSSR count). The van der Waals surface area contributed by atoms with Gasteiger partial charge in [0.15, 0.2) is 0 Å². The molecular weight excluding hydrogens is 256 g/mol. The molecule has 1 heterocycles. The third-order valence-electron chi connectivity index (χ3n) is 3.49. The van der Waals surface area contributed by atoms with Gasteiger partial charge < -0.3 is 10.2 Å². The fourth-order valence-corrected chi connectivity index (χ4v) is 2.43. The molecular formula is C14H18N4O2. The molecule has 1 aromatic rings. The van der Waals surface area contributed by atoms with E-state index in [1.165, 1.54) is 38.1 Å². The minimum absolute atomic E-state index is 0.0950. The Bertz CT molecular complexity index is 518.